The zero-order valence-electron chi connectivity index (χ0n) is 15.6. The first-order valence-corrected chi connectivity index (χ1v) is 9.49. The largest absolute Gasteiger partial charge is 0.285 e. The molecule has 0 bridgehead atoms. The maximum atomic E-state index is 4.96. The van der Waals surface area contributed by atoms with Crippen molar-refractivity contribution in [1.82, 2.24) is 9.78 Å². The molecule has 0 fully saturated rings. The maximum absolute atomic E-state index is 4.96. The zero-order chi connectivity index (χ0) is 18.4. The minimum atomic E-state index is 0.343. The summed E-state index contributed by atoms with van der Waals surface area (Å²) < 4.78 is 4.48. The van der Waals surface area contributed by atoms with E-state index in [-0.39, 0.29) is 0 Å². The third-order valence-electron chi connectivity index (χ3n) is 5.21. The Morgan fingerprint density at radius 2 is 1.59 bits per heavy atom. The van der Waals surface area contributed by atoms with Gasteiger partial charge in [-0.25, -0.2) is 0 Å². The van der Waals surface area contributed by atoms with Gasteiger partial charge >= 0.3 is 0 Å². The smallest absolute Gasteiger partial charge is 0.194 e. The number of nitrogens with zero attached hydrogens (tertiary/aromatic N) is 3. The van der Waals surface area contributed by atoms with E-state index in [1.54, 1.807) is 0 Å². The number of fused-ring (bicyclic) bond motifs is 3. The molecule has 2 heterocycles. The number of aromatic nitrogens is 3. The van der Waals surface area contributed by atoms with Crippen molar-refractivity contribution in [1.29, 1.82) is 0 Å². The molecule has 0 N–H and O–H groups in total. The van der Waals surface area contributed by atoms with Crippen LogP contribution in [0.1, 0.15) is 31.2 Å². The second kappa shape index (κ2) is 6.20. The van der Waals surface area contributed by atoms with E-state index < -0.39 is 0 Å². The topological polar surface area (TPSA) is 21.7 Å². The molecule has 3 aromatic carbocycles. The first-order valence-electron chi connectivity index (χ1n) is 9.49. The highest BCUT2D eigenvalue weighted by Gasteiger charge is 2.35. The Bertz CT molecular complexity index is 1120. The van der Waals surface area contributed by atoms with Gasteiger partial charge in [0.15, 0.2) is 0 Å². The Balaban J connectivity index is 1.73. The van der Waals surface area contributed by atoms with E-state index in [0.717, 1.165) is 18.1 Å². The molecular formula is C24H22N3+. The second-order valence-electron chi connectivity index (χ2n) is 7.40. The maximum Gasteiger partial charge on any atom is 0.285 e. The Labute approximate surface area is 159 Å². The number of hydrogen-bond donors (Lipinski definition) is 0. The van der Waals surface area contributed by atoms with Crippen LogP contribution in [-0.4, -0.2) is 9.78 Å². The fourth-order valence-electron chi connectivity index (χ4n) is 3.93. The van der Waals surface area contributed by atoms with Crippen molar-refractivity contribution in [3.8, 4) is 28.2 Å². The van der Waals surface area contributed by atoms with Gasteiger partial charge < -0.3 is 0 Å². The summed E-state index contributed by atoms with van der Waals surface area (Å²) in [4.78, 5) is 0. The normalized spacial score (nSPS) is 12.3. The van der Waals surface area contributed by atoms with Gasteiger partial charge in [0.2, 0.25) is 0 Å². The summed E-state index contributed by atoms with van der Waals surface area (Å²) >= 11 is 0. The van der Waals surface area contributed by atoms with Crippen LogP contribution in [0.3, 0.4) is 0 Å². The van der Waals surface area contributed by atoms with Crippen molar-refractivity contribution in [2.75, 3.05) is 0 Å². The fraction of sp³-hybridized carbons (Fsp3) is 0.167. The number of rotatable bonds is 3. The van der Waals surface area contributed by atoms with Crippen LogP contribution < -0.4 is 4.57 Å². The van der Waals surface area contributed by atoms with E-state index in [0.29, 0.717) is 5.92 Å². The molecule has 0 spiro atoms. The summed E-state index contributed by atoms with van der Waals surface area (Å²) in [5, 5.41) is 4.96. The predicted molar refractivity (Wildman–Crippen MR) is 108 cm³/mol. The molecule has 3 nitrogen and oxygen atoms in total. The molecule has 0 aliphatic carbocycles. The highest BCUT2D eigenvalue weighted by molar-refractivity contribution is 5.66. The molecule has 0 unspecified atom stereocenters. The molecule has 0 amide bonds. The van der Waals surface area contributed by atoms with E-state index >= 15 is 0 Å². The third-order valence-corrected chi connectivity index (χ3v) is 5.21. The highest BCUT2D eigenvalue weighted by atomic mass is 15.4. The van der Waals surface area contributed by atoms with Gasteiger partial charge in [-0.3, -0.25) is 0 Å². The lowest BCUT2D eigenvalue weighted by Gasteiger charge is -2.08. The van der Waals surface area contributed by atoms with E-state index in [1.807, 2.05) is 0 Å². The van der Waals surface area contributed by atoms with Gasteiger partial charge in [0.25, 0.3) is 11.6 Å². The van der Waals surface area contributed by atoms with E-state index in [2.05, 4.69) is 102 Å². The molecule has 5 rings (SSSR count). The predicted octanol–water partition coefficient (Wildman–Crippen LogP) is 4.98. The molecule has 1 aromatic heterocycles. The van der Waals surface area contributed by atoms with Crippen LogP contribution in [0, 0.1) is 0 Å². The molecule has 132 valence electrons. The molecule has 0 saturated heterocycles. The van der Waals surface area contributed by atoms with Gasteiger partial charge in [0.1, 0.15) is 12.2 Å². The lowest BCUT2D eigenvalue weighted by Crippen LogP contribution is -2.36. The quantitative estimate of drug-likeness (QED) is 0.420. The van der Waals surface area contributed by atoms with E-state index in [4.69, 9.17) is 5.10 Å². The van der Waals surface area contributed by atoms with E-state index in [1.165, 1.54) is 28.1 Å². The van der Waals surface area contributed by atoms with Gasteiger partial charge in [-0.15, -0.1) is 4.68 Å². The molecule has 1 aliphatic rings. The Morgan fingerprint density at radius 1 is 0.852 bits per heavy atom. The van der Waals surface area contributed by atoms with Crippen LogP contribution >= 0.6 is 0 Å². The number of hydrogen-bond acceptors (Lipinski definition) is 1. The van der Waals surface area contributed by atoms with Crippen molar-refractivity contribution >= 4 is 0 Å². The highest BCUT2D eigenvalue weighted by Crippen LogP contribution is 2.31. The minimum absolute atomic E-state index is 0.343. The summed E-state index contributed by atoms with van der Waals surface area (Å²) in [5.74, 6) is 2.62. The van der Waals surface area contributed by atoms with Crippen molar-refractivity contribution < 1.29 is 4.57 Å². The Morgan fingerprint density at radius 3 is 2.41 bits per heavy atom. The average molecular weight is 352 g/mol. The molecule has 0 radical (unpaired) electrons. The lowest BCUT2D eigenvalue weighted by molar-refractivity contribution is -0.594. The Kier molecular flexibility index (Phi) is 3.68. The van der Waals surface area contributed by atoms with Gasteiger partial charge in [-0.2, -0.15) is 4.57 Å². The first-order chi connectivity index (χ1) is 13.2. The summed E-state index contributed by atoms with van der Waals surface area (Å²) in [5.41, 5.74) is 6.24. The van der Waals surface area contributed by atoms with Crippen molar-refractivity contribution in [3.05, 3.63) is 90.3 Å². The lowest BCUT2D eigenvalue weighted by atomic mass is 10.0. The van der Waals surface area contributed by atoms with E-state index in [9.17, 15) is 0 Å². The summed E-state index contributed by atoms with van der Waals surface area (Å²) in [6, 6.07) is 27.9. The Hall–Kier alpha value is -3.20. The fourth-order valence-corrected chi connectivity index (χ4v) is 3.93. The van der Waals surface area contributed by atoms with Crippen molar-refractivity contribution in [2.24, 2.45) is 0 Å². The molecule has 0 saturated carbocycles. The monoisotopic (exact) mass is 352 g/mol. The third kappa shape index (κ3) is 2.58. The van der Waals surface area contributed by atoms with Crippen LogP contribution in [-0.2, 0) is 6.54 Å². The standard InChI is InChI=1S/C24H22N3/c1-17(2)23-25-26-16-20-11-6-7-14-22(20)24(26)27(23)21-13-8-12-19(15-21)18-9-4-3-5-10-18/h3-15,17H,16H2,1-2H3/q+1. The molecular weight excluding hydrogens is 330 g/mol. The van der Waals surface area contributed by atoms with Gasteiger partial charge in [0.05, 0.1) is 5.56 Å². The minimum Gasteiger partial charge on any atom is -0.194 e. The summed E-state index contributed by atoms with van der Waals surface area (Å²) in [7, 11) is 0. The molecule has 4 aromatic rings. The van der Waals surface area contributed by atoms with Crippen molar-refractivity contribution in [3.63, 3.8) is 0 Å². The van der Waals surface area contributed by atoms with Crippen LogP contribution in [0.15, 0.2) is 78.9 Å². The number of benzene rings is 3. The molecule has 1 aliphatic heterocycles. The zero-order valence-corrected chi connectivity index (χ0v) is 15.6. The molecule has 3 heteroatoms. The second-order valence-corrected chi connectivity index (χ2v) is 7.40. The van der Waals surface area contributed by atoms with Gasteiger partial charge in [-0.05, 0) is 29.3 Å². The van der Waals surface area contributed by atoms with Crippen LogP contribution in [0.5, 0.6) is 0 Å². The SMILES string of the molecule is CC(C)c1nn2c([n+]1-c1cccc(-c3ccccc3)c1)-c1ccccc1C2. The van der Waals surface area contributed by atoms with Crippen LogP contribution in [0.4, 0.5) is 0 Å². The summed E-state index contributed by atoms with van der Waals surface area (Å²) in [6.45, 7) is 5.26. The van der Waals surface area contributed by atoms with Crippen LogP contribution in [0.2, 0.25) is 0 Å². The summed E-state index contributed by atoms with van der Waals surface area (Å²) in [6.07, 6.45) is 0. The first kappa shape index (κ1) is 16.0. The van der Waals surface area contributed by atoms with Crippen LogP contribution in [0.25, 0.3) is 28.2 Å². The molecule has 0 atom stereocenters. The van der Waals surface area contributed by atoms with Crippen molar-refractivity contribution in [2.45, 2.75) is 26.3 Å². The van der Waals surface area contributed by atoms with Gasteiger partial charge in [-0.1, -0.05) is 74.5 Å². The average Bonchev–Trinajstić information content (AvgIpc) is 3.25. The van der Waals surface area contributed by atoms with Gasteiger partial charge in [0, 0.05) is 16.6 Å². The molecule has 27 heavy (non-hydrogen) atoms.